The SMILES string of the molecule is CC1CCCC(C(N)C2CCc3cccnc32)(N(C)C)C1. The molecule has 1 aromatic heterocycles. The van der Waals surface area contributed by atoms with Crippen LogP contribution >= 0.6 is 0 Å². The molecule has 2 aliphatic rings. The Balaban J connectivity index is 1.91. The molecule has 116 valence electrons. The maximum absolute atomic E-state index is 6.89. The molecule has 0 radical (unpaired) electrons. The van der Waals surface area contributed by atoms with Crippen LogP contribution in [-0.2, 0) is 6.42 Å². The van der Waals surface area contributed by atoms with Crippen LogP contribution in [0.4, 0.5) is 0 Å². The minimum absolute atomic E-state index is 0.140. The second-order valence-electron chi connectivity index (χ2n) is 7.42. The van der Waals surface area contributed by atoms with Crippen molar-refractivity contribution in [2.45, 2.75) is 62.9 Å². The first-order chi connectivity index (χ1) is 10.0. The van der Waals surface area contributed by atoms with Gasteiger partial charge in [0.1, 0.15) is 0 Å². The van der Waals surface area contributed by atoms with Crippen LogP contribution in [0.25, 0.3) is 0 Å². The number of likely N-dealkylation sites (N-methyl/N-ethyl adjacent to an activating group) is 1. The Morgan fingerprint density at radius 1 is 1.38 bits per heavy atom. The predicted molar refractivity (Wildman–Crippen MR) is 87.3 cm³/mol. The smallest absolute Gasteiger partial charge is 0.0482 e. The normalized spacial score (nSPS) is 34.0. The molecule has 21 heavy (non-hydrogen) atoms. The Bertz CT molecular complexity index is 499. The first-order valence-electron chi connectivity index (χ1n) is 8.41. The summed E-state index contributed by atoms with van der Waals surface area (Å²) in [6.07, 6.45) is 9.33. The third kappa shape index (κ3) is 2.51. The van der Waals surface area contributed by atoms with E-state index in [0.717, 1.165) is 18.8 Å². The Labute approximate surface area is 128 Å². The average molecular weight is 287 g/mol. The number of aryl methyl sites for hydroxylation is 1. The number of hydrogen-bond donors (Lipinski definition) is 1. The summed E-state index contributed by atoms with van der Waals surface area (Å²) in [5.41, 5.74) is 9.71. The van der Waals surface area contributed by atoms with Gasteiger partial charge >= 0.3 is 0 Å². The molecule has 0 aliphatic heterocycles. The molecular formula is C18H29N3. The maximum atomic E-state index is 6.89. The highest BCUT2D eigenvalue weighted by Crippen LogP contribution is 2.44. The van der Waals surface area contributed by atoms with Crippen LogP contribution in [0.1, 0.15) is 56.2 Å². The molecule has 0 amide bonds. The fourth-order valence-electron chi connectivity index (χ4n) is 4.74. The second kappa shape index (κ2) is 5.69. The van der Waals surface area contributed by atoms with Crippen LogP contribution in [-0.4, -0.2) is 35.6 Å². The van der Waals surface area contributed by atoms with Gasteiger partial charge in [-0.25, -0.2) is 0 Å². The molecule has 1 heterocycles. The van der Waals surface area contributed by atoms with Crippen LogP contribution in [0.3, 0.4) is 0 Å². The molecule has 1 aromatic rings. The largest absolute Gasteiger partial charge is 0.326 e. The summed E-state index contributed by atoms with van der Waals surface area (Å²) < 4.78 is 0. The first kappa shape index (κ1) is 15.0. The van der Waals surface area contributed by atoms with Gasteiger partial charge in [0.05, 0.1) is 0 Å². The zero-order valence-electron chi connectivity index (χ0n) is 13.7. The third-order valence-corrected chi connectivity index (χ3v) is 5.96. The molecule has 2 N–H and O–H groups in total. The van der Waals surface area contributed by atoms with E-state index >= 15 is 0 Å². The molecule has 0 spiro atoms. The molecule has 3 heteroatoms. The van der Waals surface area contributed by atoms with E-state index in [9.17, 15) is 0 Å². The maximum Gasteiger partial charge on any atom is 0.0482 e. The lowest BCUT2D eigenvalue weighted by Crippen LogP contribution is -2.61. The Morgan fingerprint density at radius 2 is 2.19 bits per heavy atom. The zero-order chi connectivity index (χ0) is 15.0. The van der Waals surface area contributed by atoms with Gasteiger partial charge in [-0.2, -0.15) is 0 Å². The fourth-order valence-corrected chi connectivity index (χ4v) is 4.74. The minimum atomic E-state index is 0.140. The number of fused-ring (bicyclic) bond motifs is 1. The molecular weight excluding hydrogens is 258 g/mol. The molecule has 3 nitrogen and oxygen atoms in total. The molecule has 1 fully saturated rings. The summed E-state index contributed by atoms with van der Waals surface area (Å²) in [4.78, 5) is 7.08. The molecule has 0 bridgehead atoms. The second-order valence-corrected chi connectivity index (χ2v) is 7.42. The van der Waals surface area contributed by atoms with E-state index in [4.69, 9.17) is 5.73 Å². The van der Waals surface area contributed by atoms with Crippen molar-refractivity contribution in [3.05, 3.63) is 29.6 Å². The van der Waals surface area contributed by atoms with E-state index in [0.29, 0.717) is 5.92 Å². The number of hydrogen-bond acceptors (Lipinski definition) is 3. The van der Waals surface area contributed by atoms with Gasteiger partial charge in [0.15, 0.2) is 0 Å². The van der Waals surface area contributed by atoms with Crippen molar-refractivity contribution in [3.8, 4) is 0 Å². The summed E-state index contributed by atoms with van der Waals surface area (Å²) in [5.74, 6) is 1.20. The summed E-state index contributed by atoms with van der Waals surface area (Å²) in [5, 5.41) is 0. The van der Waals surface area contributed by atoms with Crippen molar-refractivity contribution in [2.75, 3.05) is 14.1 Å². The van der Waals surface area contributed by atoms with Crippen LogP contribution in [0.15, 0.2) is 18.3 Å². The van der Waals surface area contributed by atoms with E-state index in [2.05, 4.69) is 43.0 Å². The van der Waals surface area contributed by atoms with Crippen LogP contribution in [0.5, 0.6) is 0 Å². The number of rotatable bonds is 3. The lowest BCUT2D eigenvalue weighted by molar-refractivity contribution is 0.0410. The molecule has 2 aliphatic carbocycles. The molecule has 4 unspecified atom stereocenters. The van der Waals surface area contributed by atoms with Crippen LogP contribution in [0, 0.1) is 5.92 Å². The van der Waals surface area contributed by atoms with E-state index in [1.54, 1.807) is 0 Å². The van der Waals surface area contributed by atoms with Gasteiger partial charge in [-0.05, 0) is 57.3 Å². The average Bonchev–Trinajstić information content (AvgIpc) is 2.90. The molecule has 3 rings (SSSR count). The first-order valence-corrected chi connectivity index (χ1v) is 8.41. The van der Waals surface area contributed by atoms with Crippen LogP contribution < -0.4 is 5.73 Å². The topological polar surface area (TPSA) is 42.1 Å². The van der Waals surface area contributed by atoms with Gasteiger partial charge < -0.3 is 10.6 Å². The highest BCUT2D eigenvalue weighted by atomic mass is 15.2. The van der Waals surface area contributed by atoms with Crippen molar-refractivity contribution in [3.63, 3.8) is 0 Å². The van der Waals surface area contributed by atoms with Gasteiger partial charge in [0.25, 0.3) is 0 Å². The Kier molecular flexibility index (Phi) is 4.06. The van der Waals surface area contributed by atoms with E-state index < -0.39 is 0 Å². The monoisotopic (exact) mass is 287 g/mol. The fraction of sp³-hybridized carbons (Fsp3) is 0.722. The summed E-state index contributed by atoms with van der Waals surface area (Å²) in [7, 11) is 4.43. The number of aromatic nitrogens is 1. The standard InChI is InChI=1S/C18H29N3/c1-13-6-4-10-18(12-13,21(2)3)17(19)15-9-8-14-7-5-11-20-16(14)15/h5,7,11,13,15,17H,4,6,8-10,12,19H2,1-3H3. The van der Waals surface area contributed by atoms with E-state index in [1.807, 2.05) is 6.20 Å². The molecule has 0 saturated heterocycles. The number of nitrogens with zero attached hydrogens (tertiary/aromatic N) is 2. The number of pyridine rings is 1. The van der Waals surface area contributed by atoms with Crippen LogP contribution in [0.2, 0.25) is 0 Å². The molecule has 0 aromatic carbocycles. The Morgan fingerprint density at radius 3 is 2.90 bits per heavy atom. The van der Waals surface area contributed by atoms with Gasteiger partial charge in [-0.1, -0.05) is 25.8 Å². The molecule has 4 atom stereocenters. The lowest BCUT2D eigenvalue weighted by atomic mass is 9.68. The lowest BCUT2D eigenvalue weighted by Gasteiger charge is -2.50. The van der Waals surface area contributed by atoms with Gasteiger partial charge in [-0.15, -0.1) is 0 Å². The zero-order valence-corrected chi connectivity index (χ0v) is 13.7. The van der Waals surface area contributed by atoms with Crippen molar-refractivity contribution >= 4 is 0 Å². The highest BCUT2D eigenvalue weighted by Gasteiger charge is 2.46. The van der Waals surface area contributed by atoms with Gasteiger partial charge in [0.2, 0.25) is 0 Å². The summed E-state index contributed by atoms with van der Waals surface area (Å²) >= 11 is 0. The van der Waals surface area contributed by atoms with Crippen molar-refractivity contribution in [1.82, 2.24) is 9.88 Å². The van der Waals surface area contributed by atoms with Crippen molar-refractivity contribution in [2.24, 2.45) is 11.7 Å². The van der Waals surface area contributed by atoms with Gasteiger partial charge in [0, 0.05) is 29.4 Å². The highest BCUT2D eigenvalue weighted by molar-refractivity contribution is 5.31. The quantitative estimate of drug-likeness (QED) is 0.929. The third-order valence-electron chi connectivity index (χ3n) is 5.96. The minimum Gasteiger partial charge on any atom is -0.326 e. The van der Waals surface area contributed by atoms with E-state index in [-0.39, 0.29) is 11.6 Å². The van der Waals surface area contributed by atoms with E-state index in [1.165, 1.54) is 36.9 Å². The van der Waals surface area contributed by atoms with Gasteiger partial charge in [-0.3, -0.25) is 4.98 Å². The van der Waals surface area contributed by atoms with Crippen molar-refractivity contribution in [1.29, 1.82) is 0 Å². The molecule has 1 saturated carbocycles. The van der Waals surface area contributed by atoms with Crippen molar-refractivity contribution < 1.29 is 0 Å². The Hall–Kier alpha value is -0.930. The summed E-state index contributed by atoms with van der Waals surface area (Å²) in [6, 6.07) is 4.46. The number of nitrogens with two attached hydrogens (primary N) is 1. The predicted octanol–water partition coefficient (Wildman–Crippen LogP) is 2.95. The summed E-state index contributed by atoms with van der Waals surface area (Å²) in [6.45, 7) is 2.38.